The van der Waals surface area contributed by atoms with E-state index in [0.29, 0.717) is 40.9 Å². The molecule has 0 aliphatic carbocycles. The normalized spacial score (nSPS) is 14.3. The molecule has 9 heteroatoms. The number of hydrogen-bond acceptors (Lipinski definition) is 6. The van der Waals surface area contributed by atoms with E-state index in [1.54, 1.807) is 72.8 Å². The average molecular weight is 490 g/mol. The molecular formula is C27H27N3O6. The molecule has 0 saturated heterocycles. The monoisotopic (exact) mass is 489 g/mol. The average Bonchev–Trinajstić information content (AvgIpc) is 2.89. The Labute approximate surface area is 209 Å². The van der Waals surface area contributed by atoms with Crippen LogP contribution in [-0.2, 0) is 14.4 Å². The molecule has 3 amide bonds. The number of carbonyl (C=O) groups excluding carboxylic acids is 3. The Balaban J connectivity index is 1.56. The van der Waals surface area contributed by atoms with E-state index in [4.69, 9.17) is 14.2 Å². The van der Waals surface area contributed by atoms with Crippen molar-refractivity contribution in [2.75, 3.05) is 35.9 Å². The van der Waals surface area contributed by atoms with Gasteiger partial charge in [-0.15, -0.1) is 0 Å². The molecule has 1 aliphatic heterocycles. The Morgan fingerprint density at radius 1 is 0.917 bits per heavy atom. The molecule has 0 unspecified atom stereocenters. The van der Waals surface area contributed by atoms with Crippen LogP contribution in [0, 0.1) is 0 Å². The highest BCUT2D eigenvalue weighted by Crippen LogP contribution is 2.34. The second-order valence-electron chi connectivity index (χ2n) is 7.91. The number of methoxy groups -OCH3 is 1. The first-order valence-electron chi connectivity index (χ1n) is 11.5. The predicted octanol–water partition coefficient (Wildman–Crippen LogP) is 3.86. The van der Waals surface area contributed by atoms with Gasteiger partial charge in [0.05, 0.1) is 37.2 Å². The summed E-state index contributed by atoms with van der Waals surface area (Å²) in [5.41, 5.74) is 1.45. The van der Waals surface area contributed by atoms with Crippen LogP contribution >= 0.6 is 0 Å². The van der Waals surface area contributed by atoms with Gasteiger partial charge in [-0.2, -0.15) is 0 Å². The molecule has 0 aromatic heterocycles. The smallest absolute Gasteiger partial charge is 0.265 e. The van der Waals surface area contributed by atoms with Crippen LogP contribution in [0.5, 0.6) is 17.2 Å². The first-order valence-corrected chi connectivity index (χ1v) is 11.5. The number of nitrogens with zero attached hydrogens (tertiary/aromatic N) is 1. The molecular weight excluding hydrogens is 462 g/mol. The van der Waals surface area contributed by atoms with E-state index in [0.717, 1.165) is 0 Å². The summed E-state index contributed by atoms with van der Waals surface area (Å²) in [5.74, 6) is 0.00858. The van der Waals surface area contributed by atoms with Crippen LogP contribution in [0.4, 0.5) is 17.1 Å². The predicted molar refractivity (Wildman–Crippen MR) is 136 cm³/mol. The first-order chi connectivity index (χ1) is 17.5. The van der Waals surface area contributed by atoms with Crippen molar-refractivity contribution in [2.45, 2.75) is 19.4 Å². The lowest BCUT2D eigenvalue weighted by Gasteiger charge is -2.36. The maximum absolute atomic E-state index is 13.4. The molecule has 0 saturated carbocycles. The quantitative estimate of drug-likeness (QED) is 0.473. The molecule has 3 aromatic rings. The van der Waals surface area contributed by atoms with Gasteiger partial charge in [-0.25, -0.2) is 0 Å². The molecule has 0 radical (unpaired) electrons. The van der Waals surface area contributed by atoms with Gasteiger partial charge in [-0.1, -0.05) is 36.4 Å². The molecule has 9 nitrogen and oxygen atoms in total. The van der Waals surface area contributed by atoms with Crippen LogP contribution in [0.2, 0.25) is 0 Å². The van der Waals surface area contributed by atoms with Crippen molar-refractivity contribution in [1.29, 1.82) is 0 Å². The number of anilines is 3. The zero-order chi connectivity index (χ0) is 25.5. The Hall–Kier alpha value is -4.53. The topological polar surface area (TPSA) is 106 Å². The largest absolute Gasteiger partial charge is 0.493 e. The van der Waals surface area contributed by atoms with Crippen molar-refractivity contribution in [3.63, 3.8) is 0 Å². The third-order valence-electron chi connectivity index (χ3n) is 5.56. The van der Waals surface area contributed by atoms with E-state index in [1.165, 1.54) is 12.0 Å². The molecule has 2 N–H and O–H groups in total. The van der Waals surface area contributed by atoms with Gasteiger partial charge >= 0.3 is 0 Å². The third-order valence-corrected chi connectivity index (χ3v) is 5.56. The fourth-order valence-electron chi connectivity index (χ4n) is 3.96. The van der Waals surface area contributed by atoms with Crippen molar-refractivity contribution in [1.82, 2.24) is 0 Å². The zero-order valence-electron chi connectivity index (χ0n) is 20.0. The summed E-state index contributed by atoms with van der Waals surface area (Å²) in [6, 6.07) is 19.8. The van der Waals surface area contributed by atoms with Gasteiger partial charge in [0, 0.05) is 0 Å². The number of para-hydroxylation sites is 6. The van der Waals surface area contributed by atoms with Crippen LogP contribution in [0.3, 0.4) is 0 Å². The van der Waals surface area contributed by atoms with Crippen LogP contribution < -0.4 is 29.7 Å². The van der Waals surface area contributed by atoms with Crippen LogP contribution in [0.1, 0.15) is 13.3 Å². The summed E-state index contributed by atoms with van der Waals surface area (Å²) < 4.78 is 16.6. The molecule has 0 bridgehead atoms. The molecule has 3 aromatic carbocycles. The number of amides is 3. The highest BCUT2D eigenvalue weighted by Gasteiger charge is 2.38. The summed E-state index contributed by atoms with van der Waals surface area (Å²) in [6.07, 6.45) is -0.263. The van der Waals surface area contributed by atoms with Gasteiger partial charge in [0.15, 0.2) is 18.1 Å². The Morgan fingerprint density at radius 2 is 1.58 bits per heavy atom. The van der Waals surface area contributed by atoms with E-state index in [1.807, 2.05) is 6.92 Å². The fourth-order valence-corrected chi connectivity index (χ4v) is 3.96. The molecule has 0 spiro atoms. The number of ether oxygens (including phenoxy) is 3. The Kier molecular flexibility index (Phi) is 7.69. The molecule has 186 valence electrons. The van der Waals surface area contributed by atoms with Gasteiger partial charge in [-0.05, 0) is 43.3 Å². The minimum Gasteiger partial charge on any atom is -0.493 e. The van der Waals surface area contributed by atoms with Gasteiger partial charge in [0.2, 0.25) is 11.8 Å². The summed E-state index contributed by atoms with van der Waals surface area (Å²) in [6.45, 7) is 1.93. The molecule has 0 fully saturated rings. The lowest BCUT2D eigenvalue weighted by molar-refractivity contribution is -0.127. The second kappa shape index (κ2) is 11.3. The van der Waals surface area contributed by atoms with Crippen molar-refractivity contribution in [3.8, 4) is 17.2 Å². The Morgan fingerprint density at radius 3 is 2.33 bits per heavy atom. The molecule has 1 atom stereocenters. The van der Waals surface area contributed by atoms with E-state index in [-0.39, 0.29) is 13.0 Å². The lowest BCUT2D eigenvalue weighted by atomic mass is 10.0. The van der Waals surface area contributed by atoms with Crippen LogP contribution in [0.15, 0.2) is 72.8 Å². The highest BCUT2D eigenvalue weighted by atomic mass is 16.5. The summed E-state index contributed by atoms with van der Waals surface area (Å²) in [4.78, 5) is 40.7. The minimum absolute atomic E-state index is 0.263. The minimum atomic E-state index is -1.08. The summed E-state index contributed by atoms with van der Waals surface area (Å²) in [7, 11) is 1.51. The van der Waals surface area contributed by atoms with Crippen LogP contribution in [0.25, 0.3) is 0 Å². The highest BCUT2D eigenvalue weighted by molar-refractivity contribution is 6.14. The molecule has 1 heterocycles. The van der Waals surface area contributed by atoms with E-state index >= 15 is 0 Å². The van der Waals surface area contributed by atoms with Crippen molar-refractivity contribution in [2.24, 2.45) is 0 Å². The van der Waals surface area contributed by atoms with Gasteiger partial charge in [0.1, 0.15) is 11.8 Å². The van der Waals surface area contributed by atoms with Crippen molar-refractivity contribution < 1.29 is 28.6 Å². The van der Waals surface area contributed by atoms with Gasteiger partial charge < -0.3 is 24.8 Å². The third kappa shape index (κ3) is 5.41. The molecule has 1 aliphatic rings. The zero-order valence-corrected chi connectivity index (χ0v) is 20.0. The maximum Gasteiger partial charge on any atom is 0.265 e. The van der Waals surface area contributed by atoms with E-state index < -0.39 is 23.8 Å². The maximum atomic E-state index is 13.4. The van der Waals surface area contributed by atoms with E-state index in [2.05, 4.69) is 10.6 Å². The van der Waals surface area contributed by atoms with Gasteiger partial charge in [0.25, 0.3) is 5.91 Å². The van der Waals surface area contributed by atoms with Crippen molar-refractivity contribution >= 4 is 34.8 Å². The number of fused-ring (bicyclic) bond motifs is 1. The first kappa shape index (κ1) is 24.6. The van der Waals surface area contributed by atoms with Crippen molar-refractivity contribution in [3.05, 3.63) is 72.8 Å². The SMILES string of the molecule is CCOc1ccccc1NC(=O)C[C@@H]1C(=O)Nc2ccccc2N1C(=O)COc1ccccc1OC. The molecule has 4 rings (SSSR count). The van der Waals surface area contributed by atoms with Gasteiger partial charge in [-0.3, -0.25) is 19.3 Å². The van der Waals surface area contributed by atoms with E-state index in [9.17, 15) is 14.4 Å². The standard InChI is InChI=1S/C27H27N3O6/c1-3-35-22-13-7-5-11-19(22)28-25(31)16-21-27(33)29-18-10-4-6-12-20(18)30(21)26(32)17-36-24-15-9-8-14-23(24)34-2/h4-15,21H,3,16-17H2,1-2H3,(H,28,31)(H,29,33)/t21-/m1/s1. The molecule has 36 heavy (non-hydrogen) atoms. The number of benzene rings is 3. The number of carbonyl (C=O) groups is 3. The number of rotatable bonds is 9. The fraction of sp³-hybridized carbons (Fsp3) is 0.222. The van der Waals surface area contributed by atoms with Crippen LogP contribution in [-0.4, -0.2) is 44.1 Å². The number of nitrogens with one attached hydrogen (secondary N) is 2. The second-order valence-corrected chi connectivity index (χ2v) is 7.91. The Bertz CT molecular complexity index is 1260. The summed E-state index contributed by atoms with van der Waals surface area (Å²) >= 11 is 0. The lowest BCUT2D eigenvalue weighted by Crippen LogP contribution is -2.53. The summed E-state index contributed by atoms with van der Waals surface area (Å²) in [5, 5.41) is 5.58. The number of hydrogen-bond donors (Lipinski definition) is 2.